The second-order valence-electron chi connectivity index (χ2n) is 4.07. The van der Waals surface area contributed by atoms with Gasteiger partial charge >= 0.3 is 0 Å². The van der Waals surface area contributed by atoms with E-state index >= 15 is 0 Å². The van der Waals surface area contributed by atoms with Gasteiger partial charge in [0, 0.05) is 12.8 Å². The molecule has 0 aromatic carbocycles. The Bertz CT molecular complexity index is 338. The zero-order chi connectivity index (χ0) is 10.9. The number of amides is 2. The van der Waals surface area contributed by atoms with Gasteiger partial charge in [-0.3, -0.25) is 14.5 Å². The second-order valence-corrected chi connectivity index (χ2v) is 4.07. The third kappa shape index (κ3) is 1.49. The summed E-state index contributed by atoms with van der Waals surface area (Å²) in [5.41, 5.74) is -0.339. The Morgan fingerprint density at radius 1 is 1.27 bits per heavy atom. The van der Waals surface area contributed by atoms with Gasteiger partial charge in [-0.15, -0.1) is 0 Å². The number of imide groups is 1. The molecule has 15 heavy (non-hydrogen) atoms. The van der Waals surface area contributed by atoms with E-state index in [0.29, 0.717) is 38.6 Å². The summed E-state index contributed by atoms with van der Waals surface area (Å²) >= 11 is 0. The molecule has 2 rings (SSSR count). The van der Waals surface area contributed by atoms with Gasteiger partial charge in [0.15, 0.2) is 0 Å². The molecule has 2 heterocycles. The third-order valence-corrected chi connectivity index (χ3v) is 3.34. The predicted molar refractivity (Wildman–Crippen MR) is 50.7 cm³/mol. The van der Waals surface area contributed by atoms with Crippen LogP contribution in [0.15, 0.2) is 4.99 Å². The first kappa shape index (κ1) is 10.1. The highest BCUT2D eigenvalue weighted by molar-refractivity contribution is 5.99. The fourth-order valence-electron chi connectivity index (χ4n) is 2.59. The molecule has 0 radical (unpaired) electrons. The van der Waals surface area contributed by atoms with Crippen molar-refractivity contribution in [2.24, 2.45) is 4.99 Å². The summed E-state index contributed by atoms with van der Waals surface area (Å²) in [7, 11) is 0. The smallest absolute Gasteiger partial charge is 0.234 e. The Labute approximate surface area is 87.2 Å². The van der Waals surface area contributed by atoms with Crippen molar-refractivity contribution in [3.05, 3.63) is 0 Å². The number of fused-ring (bicyclic) bond motifs is 1. The first-order chi connectivity index (χ1) is 7.19. The molecule has 0 aliphatic carbocycles. The zero-order valence-corrected chi connectivity index (χ0v) is 8.36. The van der Waals surface area contributed by atoms with Crippen LogP contribution in [0, 0.1) is 0 Å². The van der Waals surface area contributed by atoms with Crippen LogP contribution < -0.4 is 0 Å². The van der Waals surface area contributed by atoms with Crippen molar-refractivity contribution in [1.82, 2.24) is 4.90 Å². The quantitative estimate of drug-likeness (QED) is 0.383. The molecule has 2 aliphatic heterocycles. The summed E-state index contributed by atoms with van der Waals surface area (Å²) in [5.74, 6) is -0.153. The maximum Gasteiger partial charge on any atom is 0.234 e. The van der Waals surface area contributed by atoms with Crippen LogP contribution in [-0.2, 0) is 14.4 Å². The number of hydrogen-bond donors (Lipinski definition) is 0. The van der Waals surface area contributed by atoms with E-state index in [-0.39, 0.29) is 17.4 Å². The maximum absolute atomic E-state index is 11.5. The van der Waals surface area contributed by atoms with E-state index in [0.717, 1.165) is 0 Å². The van der Waals surface area contributed by atoms with Gasteiger partial charge in [-0.1, -0.05) is 0 Å². The van der Waals surface area contributed by atoms with E-state index in [4.69, 9.17) is 0 Å². The minimum absolute atomic E-state index is 0.0763. The predicted octanol–water partition coefficient (Wildman–Crippen LogP) is 0.394. The fourth-order valence-corrected chi connectivity index (χ4v) is 2.59. The molecule has 2 amide bonds. The summed E-state index contributed by atoms with van der Waals surface area (Å²) in [6.07, 6.45) is 4.38. The van der Waals surface area contributed by atoms with Crippen LogP contribution in [0.2, 0.25) is 0 Å². The van der Waals surface area contributed by atoms with Crippen LogP contribution in [0.3, 0.4) is 0 Å². The number of hydrogen-bond acceptors (Lipinski definition) is 4. The Morgan fingerprint density at radius 3 is 2.40 bits per heavy atom. The van der Waals surface area contributed by atoms with Gasteiger partial charge in [0.1, 0.15) is 0 Å². The molecule has 0 unspecified atom stereocenters. The monoisotopic (exact) mass is 208 g/mol. The average molecular weight is 208 g/mol. The van der Waals surface area contributed by atoms with Crippen molar-refractivity contribution in [2.45, 2.75) is 37.6 Å². The minimum Gasteiger partial charge on any atom is -0.276 e. The molecule has 5 heteroatoms. The topological polar surface area (TPSA) is 66.8 Å². The van der Waals surface area contributed by atoms with Crippen molar-refractivity contribution in [2.75, 3.05) is 6.54 Å². The zero-order valence-electron chi connectivity index (χ0n) is 8.36. The standard InChI is InChI=1S/C10H12N2O3/c13-7-11-6-5-10-3-1-8(14)12(10)9(15)2-4-10/h1-6H2. The van der Waals surface area contributed by atoms with E-state index in [1.807, 2.05) is 0 Å². The molecule has 5 nitrogen and oxygen atoms in total. The van der Waals surface area contributed by atoms with Crippen molar-refractivity contribution in [3.63, 3.8) is 0 Å². The summed E-state index contributed by atoms with van der Waals surface area (Å²) < 4.78 is 0. The van der Waals surface area contributed by atoms with Gasteiger partial charge in [-0.2, -0.15) is 0 Å². The molecule has 2 aliphatic rings. The van der Waals surface area contributed by atoms with E-state index < -0.39 is 0 Å². The van der Waals surface area contributed by atoms with Crippen LogP contribution in [0.1, 0.15) is 32.1 Å². The number of rotatable bonds is 3. The Morgan fingerprint density at radius 2 is 1.87 bits per heavy atom. The number of carbonyl (C=O) groups excluding carboxylic acids is 3. The molecule has 2 saturated heterocycles. The molecule has 0 atom stereocenters. The van der Waals surface area contributed by atoms with Gasteiger partial charge in [-0.05, 0) is 19.3 Å². The molecule has 0 spiro atoms. The van der Waals surface area contributed by atoms with Gasteiger partial charge in [0.05, 0.1) is 12.1 Å². The van der Waals surface area contributed by atoms with Gasteiger partial charge < -0.3 is 0 Å². The lowest BCUT2D eigenvalue weighted by Gasteiger charge is -2.29. The molecular formula is C10H12N2O3. The van der Waals surface area contributed by atoms with Gasteiger partial charge in [0.25, 0.3) is 0 Å². The summed E-state index contributed by atoms with van der Waals surface area (Å²) in [5, 5.41) is 0. The summed E-state index contributed by atoms with van der Waals surface area (Å²) in [4.78, 5) is 37.8. The van der Waals surface area contributed by atoms with Crippen molar-refractivity contribution < 1.29 is 14.4 Å². The Kier molecular flexibility index (Phi) is 2.40. The number of nitrogens with zero attached hydrogens (tertiary/aromatic N) is 2. The molecular weight excluding hydrogens is 196 g/mol. The SMILES string of the molecule is O=C=NCCC12CCC(=O)N1C(=O)CC2. The molecule has 2 fully saturated rings. The van der Waals surface area contributed by atoms with Crippen LogP contribution in [0.5, 0.6) is 0 Å². The number of isocyanates is 1. The minimum atomic E-state index is -0.339. The molecule has 0 N–H and O–H groups in total. The molecule has 80 valence electrons. The largest absolute Gasteiger partial charge is 0.276 e. The van der Waals surface area contributed by atoms with E-state index in [1.165, 1.54) is 11.0 Å². The molecule has 0 aromatic rings. The normalized spacial score (nSPS) is 22.8. The van der Waals surface area contributed by atoms with E-state index in [2.05, 4.69) is 4.99 Å². The lowest BCUT2D eigenvalue weighted by Crippen LogP contribution is -2.43. The maximum atomic E-state index is 11.5. The van der Waals surface area contributed by atoms with Crippen LogP contribution in [-0.4, -0.2) is 34.9 Å². The second kappa shape index (κ2) is 3.59. The fraction of sp³-hybridized carbons (Fsp3) is 0.700. The molecule has 0 saturated carbocycles. The number of carbonyl (C=O) groups is 2. The van der Waals surface area contributed by atoms with Crippen LogP contribution in [0.4, 0.5) is 0 Å². The van der Waals surface area contributed by atoms with Gasteiger partial charge in [-0.25, -0.2) is 9.79 Å². The highest BCUT2D eigenvalue weighted by Crippen LogP contribution is 2.42. The first-order valence-electron chi connectivity index (χ1n) is 5.09. The van der Waals surface area contributed by atoms with E-state index in [9.17, 15) is 14.4 Å². The van der Waals surface area contributed by atoms with Crippen molar-refractivity contribution in [3.8, 4) is 0 Å². The van der Waals surface area contributed by atoms with Crippen molar-refractivity contribution >= 4 is 17.9 Å². The highest BCUT2D eigenvalue weighted by atomic mass is 16.2. The summed E-state index contributed by atoms with van der Waals surface area (Å²) in [6, 6.07) is 0. The number of aliphatic imine (C=N–C) groups is 1. The lowest BCUT2D eigenvalue weighted by molar-refractivity contribution is -0.142. The average Bonchev–Trinajstić information content (AvgIpc) is 2.70. The Balaban J connectivity index is 2.15. The van der Waals surface area contributed by atoms with Crippen LogP contribution in [0.25, 0.3) is 0 Å². The van der Waals surface area contributed by atoms with Crippen molar-refractivity contribution in [1.29, 1.82) is 0 Å². The highest BCUT2D eigenvalue weighted by Gasteiger charge is 2.52. The first-order valence-corrected chi connectivity index (χ1v) is 5.09. The third-order valence-electron chi connectivity index (χ3n) is 3.34. The Hall–Kier alpha value is -1.48. The molecule has 0 bridgehead atoms. The van der Waals surface area contributed by atoms with Crippen LogP contribution >= 0.6 is 0 Å². The lowest BCUT2D eigenvalue weighted by atomic mass is 9.90. The van der Waals surface area contributed by atoms with E-state index in [1.54, 1.807) is 0 Å². The summed E-state index contributed by atoms with van der Waals surface area (Å²) in [6.45, 7) is 0.348. The van der Waals surface area contributed by atoms with Gasteiger partial charge in [0.2, 0.25) is 17.9 Å². The molecule has 0 aromatic heterocycles.